The lowest BCUT2D eigenvalue weighted by atomic mass is 9.78. The molecule has 0 bridgehead atoms. The van der Waals surface area contributed by atoms with E-state index >= 15 is 0 Å². The zero-order chi connectivity index (χ0) is 15.0. The number of nitrogens with one attached hydrogen (secondary N) is 1. The first-order chi connectivity index (χ1) is 10.0. The van der Waals surface area contributed by atoms with Crippen LogP contribution in [0.2, 0.25) is 0 Å². The summed E-state index contributed by atoms with van der Waals surface area (Å²) in [6.07, 6.45) is 2.37. The van der Waals surface area contributed by atoms with Crippen LogP contribution in [0, 0.1) is 0 Å². The highest BCUT2D eigenvalue weighted by molar-refractivity contribution is 7.89. The molecule has 21 heavy (non-hydrogen) atoms. The van der Waals surface area contributed by atoms with Gasteiger partial charge in [-0.05, 0) is 24.5 Å². The highest BCUT2D eigenvalue weighted by atomic mass is 32.2. The van der Waals surface area contributed by atoms with Gasteiger partial charge in [0.2, 0.25) is 10.0 Å². The van der Waals surface area contributed by atoms with E-state index in [1.54, 1.807) is 0 Å². The SMILES string of the molecule is CCn1cc(S(=O)(=O)NCC2Cc3ccccc32)c(N)n1. The molecule has 0 saturated carbocycles. The van der Waals surface area contributed by atoms with Crippen LogP contribution in [0.4, 0.5) is 5.82 Å². The van der Waals surface area contributed by atoms with Crippen molar-refractivity contribution in [2.24, 2.45) is 0 Å². The van der Waals surface area contributed by atoms with Gasteiger partial charge in [-0.15, -0.1) is 0 Å². The Morgan fingerprint density at radius 2 is 2.19 bits per heavy atom. The van der Waals surface area contributed by atoms with Gasteiger partial charge in [-0.1, -0.05) is 24.3 Å². The van der Waals surface area contributed by atoms with Crippen molar-refractivity contribution >= 4 is 15.8 Å². The van der Waals surface area contributed by atoms with Crippen LogP contribution in [0.15, 0.2) is 35.4 Å². The molecule has 1 heterocycles. The summed E-state index contributed by atoms with van der Waals surface area (Å²) in [5.74, 6) is 0.275. The first-order valence-corrected chi connectivity index (χ1v) is 8.40. The summed E-state index contributed by atoms with van der Waals surface area (Å²) >= 11 is 0. The Kier molecular flexibility index (Phi) is 3.46. The van der Waals surface area contributed by atoms with Gasteiger partial charge in [0.15, 0.2) is 5.82 Å². The molecule has 1 unspecified atom stereocenters. The van der Waals surface area contributed by atoms with Gasteiger partial charge in [0.1, 0.15) is 4.90 Å². The molecule has 1 aliphatic carbocycles. The second-order valence-electron chi connectivity index (χ2n) is 5.19. The van der Waals surface area contributed by atoms with Crippen molar-refractivity contribution in [2.45, 2.75) is 30.7 Å². The minimum atomic E-state index is -3.61. The Balaban J connectivity index is 1.72. The molecular formula is C14H18N4O2S. The zero-order valence-corrected chi connectivity index (χ0v) is 12.6. The van der Waals surface area contributed by atoms with Gasteiger partial charge in [-0.3, -0.25) is 4.68 Å². The molecule has 7 heteroatoms. The zero-order valence-electron chi connectivity index (χ0n) is 11.8. The Labute approximate surface area is 124 Å². The summed E-state index contributed by atoms with van der Waals surface area (Å²) in [6, 6.07) is 8.09. The minimum Gasteiger partial charge on any atom is -0.381 e. The van der Waals surface area contributed by atoms with Crippen LogP contribution < -0.4 is 10.5 Å². The summed E-state index contributed by atoms with van der Waals surface area (Å²) in [5.41, 5.74) is 8.19. The lowest BCUT2D eigenvalue weighted by Gasteiger charge is -2.30. The molecule has 3 N–H and O–H groups in total. The van der Waals surface area contributed by atoms with E-state index in [1.807, 2.05) is 25.1 Å². The summed E-state index contributed by atoms with van der Waals surface area (Å²) in [5, 5.41) is 3.97. The number of nitrogens with zero attached hydrogens (tertiary/aromatic N) is 2. The summed E-state index contributed by atoms with van der Waals surface area (Å²) < 4.78 is 28.7. The second-order valence-corrected chi connectivity index (χ2v) is 6.92. The van der Waals surface area contributed by atoms with Crippen LogP contribution >= 0.6 is 0 Å². The van der Waals surface area contributed by atoms with Gasteiger partial charge < -0.3 is 5.73 Å². The molecular weight excluding hydrogens is 288 g/mol. The molecule has 1 atom stereocenters. The average Bonchev–Trinajstić information content (AvgIpc) is 2.82. The Bertz CT molecular complexity index is 767. The van der Waals surface area contributed by atoms with Crippen molar-refractivity contribution in [3.8, 4) is 0 Å². The number of benzene rings is 1. The first-order valence-electron chi connectivity index (χ1n) is 6.91. The van der Waals surface area contributed by atoms with Crippen LogP contribution in [-0.2, 0) is 23.0 Å². The topological polar surface area (TPSA) is 90.0 Å². The maximum atomic E-state index is 12.3. The van der Waals surface area contributed by atoms with E-state index in [9.17, 15) is 8.42 Å². The van der Waals surface area contributed by atoms with E-state index in [-0.39, 0.29) is 16.6 Å². The minimum absolute atomic E-state index is 0.0401. The van der Waals surface area contributed by atoms with E-state index in [4.69, 9.17) is 5.73 Å². The number of aromatic nitrogens is 2. The third-order valence-electron chi connectivity index (χ3n) is 3.85. The van der Waals surface area contributed by atoms with E-state index in [2.05, 4.69) is 15.9 Å². The smallest absolute Gasteiger partial charge is 0.245 e. The summed E-state index contributed by atoms with van der Waals surface area (Å²) in [4.78, 5) is 0.0527. The molecule has 0 radical (unpaired) electrons. The molecule has 0 spiro atoms. The molecule has 3 rings (SSSR count). The lowest BCUT2D eigenvalue weighted by molar-refractivity contribution is 0.552. The standard InChI is InChI=1S/C14H18N4O2S/c1-2-18-9-13(14(15)17-18)21(19,20)16-8-11-7-10-5-3-4-6-12(10)11/h3-6,9,11,16H,2,7-8H2,1H3,(H2,15,17). The monoisotopic (exact) mass is 306 g/mol. The van der Waals surface area contributed by atoms with Crippen molar-refractivity contribution in [2.75, 3.05) is 12.3 Å². The fourth-order valence-electron chi connectivity index (χ4n) is 2.62. The van der Waals surface area contributed by atoms with Crippen LogP contribution in [0.25, 0.3) is 0 Å². The summed E-state index contributed by atoms with van der Waals surface area (Å²) in [7, 11) is -3.61. The van der Waals surface area contributed by atoms with Crippen LogP contribution in [0.5, 0.6) is 0 Å². The van der Waals surface area contributed by atoms with E-state index in [0.29, 0.717) is 13.1 Å². The van der Waals surface area contributed by atoms with E-state index in [0.717, 1.165) is 6.42 Å². The van der Waals surface area contributed by atoms with Gasteiger partial charge in [0.25, 0.3) is 0 Å². The van der Waals surface area contributed by atoms with Gasteiger partial charge in [-0.25, -0.2) is 13.1 Å². The Morgan fingerprint density at radius 1 is 1.43 bits per heavy atom. The number of sulfonamides is 1. The van der Waals surface area contributed by atoms with Crippen LogP contribution in [0.3, 0.4) is 0 Å². The van der Waals surface area contributed by atoms with Crippen molar-refractivity contribution < 1.29 is 8.42 Å². The Hall–Kier alpha value is -1.86. The van der Waals surface area contributed by atoms with Crippen LogP contribution in [-0.4, -0.2) is 24.7 Å². The van der Waals surface area contributed by atoms with Gasteiger partial charge in [0, 0.05) is 25.2 Å². The molecule has 0 fully saturated rings. The third kappa shape index (κ3) is 2.54. The van der Waals surface area contributed by atoms with E-state index in [1.165, 1.54) is 22.0 Å². The first kappa shape index (κ1) is 14.1. The van der Waals surface area contributed by atoms with Crippen molar-refractivity contribution in [3.05, 3.63) is 41.6 Å². The lowest BCUT2D eigenvalue weighted by Crippen LogP contribution is -2.33. The fourth-order valence-corrected chi connectivity index (χ4v) is 3.77. The Morgan fingerprint density at radius 3 is 2.86 bits per heavy atom. The fraction of sp³-hybridized carbons (Fsp3) is 0.357. The number of anilines is 1. The largest absolute Gasteiger partial charge is 0.381 e. The van der Waals surface area contributed by atoms with E-state index < -0.39 is 10.0 Å². The highest BCUT2D eigenvalue weighted by Crippen LogP contribution is 2.34. The highest BCUT2D eigenvalue weighted by Gasteiger charge is 2.28. The molecule has 6 nitrogen and oxygen atoms in total. The number of rotatable bonds is 5. The van der Waals surface area contributed by atoms with Gasteiger partial charge in [0.05, 0.1) is 0 Å². The normalized spacial score (nSPS) is 17.3. The molecule has 0 aliphatic heterocycles. The maximum Gasteiger partial charge on any atom is 0.245 e. The molecule has 1 aliphatic rings. The number of fused-ring (bicyclic) bond motifs is 1. The number of hydrogen-bond acceptors (Lipinski definition) is 4. The predicted molar refractivity (Wildman–Crippen MR) is 80.4 cm³/mol. The maximum absolute atomic E-state index is 12.3. The van der Waals surface area contributed by atoms with Gasteiger partial charge in [-0.2, -0.15) is 5.10 Å². The second kappa shape index (κ2) is 5.16. The number of nitrogen functional groups attached to an aromatic ring is 1. The number of nitrogens with two attached hydrogens (primary N) is 1. The molecule has 0 amide bonds. The third-order valence-corrected chi connectivity index (χ3v) is 5.29. The molecule has 112 valence electrons. The molecule has 0 saturated heterocycles. The average molecular weight is 306 g/mol. The number of aryl methyl sites for hydroxylation is 1. The van der Waals surface area contributed by atoms with Crippen LogP contribution in [0.1, 0.15) is 24.0 Å². The van der Waals surface area contributed by atoms with Crippen molar-refractivity contribution in [1.82, 2.24) is 14.5 Å². The predicted octanol–water partition coefficient (Wildman–Crippen LogP) is 1.10. The molecule has 1 aromatic heterocycles. The van der Waals surface area contributed by atoms with Crippen molar-refractivity contribution in [1.29, 1.82) is 0 Å². The number of hydrogen-bond donors (Lipinski definition) is 2. The molecule has 2 aromatic rings. The van der Waals surface area contributed by atoms with Gasteiger partial charge >= 0.3 is 0 Å². The summed E-state index contributed by atoms with van der Waals surface area (Å²) in [6.45, 7) is 2.84. The quantitative estimate of drug-likeness (QED) is 0.865. The van der Waals surface area contributed by atoms with Crippen molar-refractivity contribution in [3.63, 3.8) is 0 Å². The molecule has 1 aromatic carbocycles.